The van der Waals surface area contributed by atoms with E-state index in [-0.39, 0.29) is 33.8 Å². The maximum atomic E-state index is 14.4. The molecule has 0 N–H and O–H groups in total. The fraction of sp³-hybridized carbons (Fsp3) is 0.357. The number of hydrogen-bond donors (Lipinski definition) is 0. The van der Waals surface area contributed by atoms with E-state index < -0.39 is 65.4 Å². The summed E-state index contributed by atoms with van der Waals surface area (Å²) in [6.07, 6.45) is -10.3. The van der Waals surface area contributed by atoms with Gasteiger partial charge in [0.2, 0.25) is 0 Å². The molecule has 0 atom stereocenters. The van der Waals surface area contributed by atoms with Crippen LogP contribution in [0.25, 0.3) is 0 Å². The van der Waals surface area contributed by atoms with Crippen molar-refractivity contribution in [2.24, 2.45) is 0 Å². The molecule has 1 aliphatic carbocycles. The largest absolute Gasteiger partial charge is 0.430 e. The van der Waals surface area contributed by atoms with E-state index in [1.54, 1.807) is 0 Å². The monoisotopic (exact) mass is 672 g/mol. The molecule has 0 unspecified atom stereocenters. The molecular formula is C28H24ClF7O5S2. The number of benzene rings is 3. The first kappa shape index (κ1) is 33.2. The molecular weight excluding hydrogens is 649 g/mol. The Morgan fingerprint density at radius 3 is 1.77 bits per heavy atom. The summed E-state index contributed by atoms with van der Waals surface area (Å²) in [6.45, 7) is -1.30. The SMILES string of the molecule is CS(=O)(=O)c1ccc(COC(c2ccc(C3(S(=O)(=O)c4ccc(F)cc4)CCCC3)cc2)(C(F)(F)F)C(F)(F)F)c(Cl)c1. The third kappa shape index (κ3) is 5.90. The van der Waals surface area contributed by atoms with E-state index in [4.69, 9.17) is 11.6 Å². The fourth-order valence-corrected chi connectivity index (χ4v) is 8.47. The van der Waals surface area contributed by atoms with Crippen molar-refractivity contribution in [3.05, 3.63) is 94.3 Å². The standard InChI is InChI=1S/C28H24ClF7O5S2/c1-42(37,38)23-11-4-18(24(29)16-23)17-41-26(27(31,32)33,28(34,35)36)20-7-5-19(6-8-20)25(14-2-3-15-25)43(39,40)22-12-9-21(30)10-13-22/h4-13,16H,2-3,14-15,17H2,1H3. The van der Waals surface area contributed by atoms with E-state index in [2.05, 4.69) is 4.74 Å². The van der Waals surface area contributed by atoms with Gasteiger partial charge in [-0.15, -0.1) is 0 Å². The maximum absolute atomic E-state index is 14.4. The van der Waals surface area contributed by atoms with E-state index >= 15 is 0 Å². The molecule has 0 spiro atoms. The highest BCUT2D eigenvalue weighted by atomic mass is 35.5. The average Bonchev–Trinajstić information content (AvgIpc) is 3.40. The van der Waals surface area contributed by atoms with Crippen molar-refractivity contribution in [3.8, 4) is 0 Å². The number of hydrogen-bond acceptors (Lipinski definition) is 5. The van der Waals surface area contributed by atoms with Crippen LogP contribution in [-0.2, 0) is 41.4 Å². The summed E-state index contributed by atoms with van der Waals surface area (Å²) >= 11 is 5.96. The number of ether oxygens (including phenoxy) is 1. The first-order chi connectivity index (χ1) is 19.8. The van der Waals surface area contributed by atoms with Gasteiger partial charge in [0.1, 0.15) is 10.6 Å². The highest BCUT2D eigenvalue weighted by Crippen LogP contribution is 2.54. The Morgan fingerprint density at radius 1 is 0.791 bits per heavy atom. The van der Waals surface area contributed by atoms with Crippen LogP contribution in [0.15, 0.2) is 76.5 Å². The molecule has 1 fully saturated rings. The van der Waals surface area contributed by atoms with Crippen LogP contribution in [-0.4, -0.2) is 35.4 Å². The Bertz CT molecular complexity index is 1680. The summed E-state index contributed by atoms with van der Waals surface area (Å²) in [5.74, 6) is -0.688. The minimum Gasteiger partial charge on any atom is -0.349 e. The summed E-state index contributed by atoms with van der Waals surface area (Å²) < 4.78 is 154. The van der Waals surface area contributed by atoms with Gasteiger partial charge in [-0.05, 0) is 60.4 Å². The van der Waals surface area contributed by atoms with Crippen molar-refractivity contribution in [1.82, 2.24) is 0 Å². The van der Waals surface area contributed by atoms with Crippen molar-refractivity contribution in [2.45, 2.75) is 64.8 Å². The van der Waals surface area contributed by atoms with E-state index in [9.17, 15) is 47.6 Å². The van der Waals surface area contributed by atoms with E-state index in [1.807, 2.05) is 0 Å². The van der Waals surface area contributed by atoms with Gasteiger partial charge in [-0.2, -0.15) is 26.3 Å². The maximum Gasteiger partial charge on any atom is 0.430 e. The predicted octanol–water partition coefficient (Wildman–Crippen LogP) is 7.66. The van der Waals surface area contributed by atoms with Crippen molar-refractivity contribution in [2.75, 3.05) is 6.26 Å². The van der Waals surface area contributed by atoms with Crippen LogP contribution >= 0.6 is 11.6 Å². The smallest absolute Gasteiger partial charge is 0.349 e. The molecule has 1 saturated carbocycles. The van der Waals surface area contributed by atoms with Crippen LogP contribution in [0.5, 0.6) is 0 Å². The second kappa shape index (κ2) is 11.4. The summed E-state index contributed by atoms with van der Waals surface area (Å²) in [7, 11) is -8.01. The van der Waals surface area contributed by atoms with Gasteiger partial charge >= 0.3 is 12.4 Å². The number of halogens is 8. The molecule has 0 heterocycles. The molecule has 3 aromatic rings. The number of sulfone groups is 2. The Labute approximate surface area is 248 Å². The molecule has 0 amide bonds. The van der Waals surface area contributed by atoms with Crippen molar-refractivity contribution < 1.29 is 52.3 Å². The van der Waals surface area contributed by atoms with Crippen molar-refractivity contribution in [3.63, 3.8) is 0 Å². The van der Waals surface area contributed by atoms with Crippen LogP contribution in [0, 0.1) is 5.82 Å². The summed E-state index contributed by atoms with van der Waals surface area (Å²) in [4.78, 5) is -0.534. The molecule has 0 aromatic heterocycles. The summed E-state index contributed by atoms with van der Waals surface area (Å²) in [5, 5.41) is -0.425. The first-order valence-corrected chi connectivity index (χ1v) is 16.4. The second-order valence-corrected chi connectivity index (χ2v) is 14.9. The first-order valence-electron chi connectivity index (χ1n) is 12.6. The lowest BCUT2D eigenvalue weighted by Crippen LogP contribution is -2.55. The van der Waals surface area contributed by atoms with Gasteiger partial charge in [0.25, 0.3) is 5.60 Å². The molecule has 0 radical (unpaired) electrons. The van der Waals surface area contributed by atoms with Crippen LogP contribution < -0.4 is 0 Å². The van der Waals surface area contributed by atoms with Gasteiger partial charge in [-0.3, -0.25) is 0 Å². The van der Waals surface area contributed by atoms with Gasteiger partial charge < -0.3 is 4.74 Å². The van der Waals surface area contributed by atoms with Gasteiger partial charge in [0.05, 0.1) is 16.4 Å². The minimum atomic E-state index is -6.04. The van der Waals surface area contributed by atoms with E-state index in [0.717, 1.165) is 60.9 Å². The lowest BCUT2D eigenvalue weighted by Gasteiger charge is -2.38. The normalized spacial score (nSPS) is 16.4. The second-order valence-electron chi connectivity index (χ2n) is 10.2. The van der Waals surface area contributed by atoms with E-state index in [1.165, 1.54) is 0 Å². The van der Waals surface area contributed by atoms with E-state index in [0.29, 0.717) is 25.0 Å². The Hall–Kier alpha value is -2.68. The molecule has 4 rings (SSSR count). The molecule has 234 valence electrons. The predicted molar refractivity (Wildman–Crippen MR) is 143 cm³/mol. The quantitative estimate of drug-likeness (QED) is 0.181. The van der Waals surface area contributed by atoms with Crippen LogP contribution in [0.1, 0.15) is 42.4 Å². The lowest BCUT2D eigenvalue weighted by atomic mass is 9.88. The number of alkyl halides is 6. The topological polar surface area (TPSA) is 77.5 Å². The van der Waals surface area contributed by atoms with Crippen LogP contribution in [0.2, 0.25) is 5.02 Å². The molecule has 0 saturated heterocycles. The molecule has 43 heavy (non-hydrogen) atoms. The third-order valence-corrected chi connectivity index (χ3v) is 11.6. The van der Waals surface area contributed by atoms with Gasteiger partial charge in [-0.1, -0.05) is 54.8 Å². The van der Waals surface area contributed by atoms with Crippen molar-refractivity contribution in [1.29, 1.82) is 0 Å². The zero-order valence-corrected chi connectivity index (χ0v) is 24.7. The van der Waals surface area contributed by atoms with Crippen LogP contribution in [0.4, 0.5) is 30.7 Å². The average molecular weight is 673 g/mol. The molecule has 1 aliphatic rings. The third-order valence-electron chi connectivity index (χ3n) is 7.56. The van der Waals surface area contributed by atoms with Gasteiger partial charge in [0, 0.05) is 16.8 Å². The van der Waals surface area contributed by atoms with Gasteiger partial charge in [0.15, 0.2) is 19.7 Å². The number of rotatable bonds is 8. The van der Waals surface area contributed by atoms with Crippen LogP contribution in [0.3, 0.4) is 0 Å². The Balaban J connectivity index is 1.79. The highest BCUT2D eigenvalue weighted by molar-refractivity contribution is 7.92. The van der Waals surface area contributed by atoms with Gasteiger partial charge in [-0.25, -0.2) is 21.2 Å². The Kier molecular flexibility index (Phi) is 8.77. The minimum absolute atomic E-state index is 0.0178. The molecule has 0 aliphatic heterocycles. The molecule has 15 heteroatoms. The zero-order chi connectivity index (χ0) is 32.1. The lowest BCUT2D eigenvalue weighted by molar-refractivity contribution is -0.392. The summed E-state index contributed by atoms with van der Waals surface area (Å²) in [5.41, 5.74) is -6.56. The summed E-state index contributed by atoms with van der Waals surface area (Å²) in [6, 6.07) is 9.68. The molecule has 5 nitrogen and oxygen atoms in total. The zero-order valence-electron chi connectivity index (χ0n) is 22.3. The Morgan fingerprint density at radius 2 is 1.30 bits per heavy atom. The molecule has 0 bridgehead atoms. The highest BCUT2D eigenvalue weighted by Gasteiger charge is 2.73. The fourth-order valence-electron chi connectivity index (χ4n) is 5.30. The van der Waals surface area contributed by atoms with Crippen molar-refractivity contribution >= 4 is 31.3 Å². The molecule has 3 aromatic carbocycles.